The molecular weight excluding hydrogens is 664 g/mol. The predicted octanol–water partition coefficient (Wildman–Crippen LogP) is 2.69. The number of imidazole rings is 1. The molecular formula is C39H56N6O7. The monoisotopic (exact) mass is 720 g/mol. The van der Waals surface area contributed by atoms with Gasteiger partial charge in [0.1, 0.15) is 17.8 Å². The molecule has 2 aromatic carbocycles. The Bertz CT molecular complexity index is 1490. The highest BCUT2D eigenvalue weighted by atomic mass is 16.5. The van der Waals surface area contributed by atoms with Gasteiger partial charge in [0.2, 0.25) is 17.7 Å². The number of benzene rings is 2. The van der Waals surface area contributed by atoms with Crippen molar-refractivity contribution in [1.29, 1.82) is 0 Å². The molecule has 4 amide bonds. The number of aromatic nitrogens is 2. The zero-order valence-corrected chi connectivity index (χ0v) is 30.7. The Morgan fingerprint density at radius 3 is 2.08 bits per heavy atom. The first-order valence-electron chi connectivity index (χ1n) is 18.1. The lowest BCUT2D eigenvalue weighted by atomic mass is 9.89. The molecule has 7 N–H and O–H groups in total. The van der Waals surface area contributed by atoms with E-state index >= 15 is 0 Å². The van der Waals surface area contributed by atoms with Gasteiger partial charge >= 0.3 is 0 Å². The number of aromatic amines is 1. The van der Waals surface area contributed by atoms with Gasteiger partial charge < -0.3 is 41.2 Å². The molecule has 0 aliphatic heterocycles. The van der Waals surface area contributed by atoms with E-state index in [1.807, 2.05) is 64.1 Å². The first-order valence-corrected chi connectivity index (χ1v) is 18.1. The second kappa shape index (κ2) is 22.2. The average molecular weight is 721 g/mol. The summed E-state index contributed by atoms with van der Waals surface area (Å²) in [6, 6.07) is 15.2. The third-order valence-corrected chi connectivity index (χ3v) is 8.47. The molecule has 0 spiro atoms. The number of para-hydroxylation sites is 1. The standard InChI is InChI=1S/C39H56N6O7/c1-26(2)18-32(35(47)20-29(14-11-17-46)37(49)41-22-27(3)4)44-39(51)34(21-30-23-40-25-42-30)45-38(50)33(19-28-12-7-5-8-13-28)43-36(48)24-52-31-15-9-6-10-16-31/h5-10,12-13,15-16,23,25-27,29,32-35,46-47H,11,14,17-22,24H2,1-4H3,(H,40,42)(H,41,49)(H,43,48)(H,44,51)(H,45,50)/t29?,32-,33-,34-,35-/m0/s1. The van der Waals surface area contributed by atoms with Crippen LogP contribution in [-0.4, -0.2) is 87.8 Å². The van der Waals surface area contributed by atoms with Crippen molar-refractivity contribution in [3.8, 4) is 5.75 Å². The lowest BCUT2D eigenvalue weighted by Gasteiger charge is -2.30. The Morgan fingerprint density at radius 2 is 1.46 bits per heavy atom. The van der Waals surface area contributed by atoms with Crippen LogP contribution < -0.4 is 26.0 Å². The Hall–Kier alpha value is -4.75. The minimum absolute atomic E-state index is 0.0575. The molecule has 0 aliphatic rings. The van der Waals surface area contributed by atoms with Crippen LogP contribution >= 0.6 is 0 Å². The Morgan fingerprint density at radius 1 is 0.808 bits per heavy atom. The van der Waals surface area contributed by atoms with Gasteiger partial charge in [0, 0.05) is 43.8 Å². The van der Waals surface area contributed by atoms with Crippen LogP contribution in [0.15, 0.2) is 73.2 Å². The predicted molar refractivity (Wildman–Crippen MR) is 198 cm³/mol. The molecule has 3 rings (SSSR count). The highest BCUT2D eigenvalue weighted by Gasteiger charge is 2.33. The maximum atomic E-state index is 14.0. The molecule has 0 bridgehead atoms. The average Bonchev–Trinajstić information content (AvgIpc) is 3.64. The summed E-state index contributed by atoms with van der Waals surface area (Å²) in [7, 11) is 0. The van der Waals surface area contributed by atoms with E-state index in [4.69, 9.17) is 4.74 Å². The zero-order chi connectivity index (χ0) is 37.9. The van der Waals surface area contributed by atoms with Crippen molar-refractivity contribution in [2.24, 2.45) is 17.8 Å². The number of aliphatic hydroxyl groups is 2. The third kappa shape index (κ3) is 15.2. The number of carbonyl (C=O) groups is 4. The molecule has 5 atom stereocenters. The van der Waals surface area contributed by atoms with Crippen LogP contribution in [0.4, 0.5) is 0 Å². The Kier molecular flexibility index (Phi) is 17.8. The topological polar surface area (TPSA) is 195 Å². The van der Waals surface area contributed by atoms with Crippen molar-refractivity contribution in [3.05, 3.63) is 84.4 Å². The number of aliphatic hydroxyl groups excluding tert-OH is 2. The van der Waals surface area contributed by atoms with Gasteiger partial charge in [-0.15, -0.1) is 0 Å². The summed E-state index contributed by atoms with van der Waals surface area (Å²) in [5.41, 5.74) is 1.39. The van der Waals surface area contributed by atoms with Gasteiger partial charge in [0.05, 0.1) is 18.5 Å². The van der Waals surface area contributed by atoms with Crippen LogP contribution in [0.25, 0.3) is 0 Å². The van der Waals surface area contributed by atoms with Gasteiger partial charge in [0.15, 0.2) is 6.61 Å². The maximum absolute atomic E-state index is 14.0. The molecule has 13 nitrogen and oxygen atoms in total. The van der Waals surface area contributed by atoms with E-state index in [2.05, 4.69) is 31.2 Å². The molecule has 284 valence electrons. The largest absolute Gasteiger partial charge is 0.484 e. The number of rotatable bonds is 23. The molecule has 0 aliphatic carbocycles. The quantitative estimate of drug-likeness (QED) is 0.0777. The minimum Gasteiger partial charge on any atom is -0.484 e. The summed E-state index contributed by atoms with van der Waals surface area (Å²) < 4.78 is 5.59. The van der Waals surface area contributed by atoms with Gasteiger partial charge in [-0.25, -0.2) is 4.98 Å². The molecule has 0 fully saturated rings. The number of amides is 4. The van der Waals surface area contributed by atoms with Crippen molar-refractivity contribution >= 4 is 23.6 Å². The number of nitrogens with zero attached hydrogens (tertiary/aromatic N) is 1. The Labute approximate surface area is 306 Å². The van der Waals surface area contributed by atoms with Crippen molar-refractivity contribution in [1.82, 2.24) is 31.2 Å². The van der Waals surface area contributed by atoms with E-state index < -0.39 is 47.9 Å². The third-order valence-electron chi connectivity index (χ3n) is 8.47. The van der Waals surface area contributed by atoms with Gasteiger partial charge in [-0.05, 0) is 55.2 Å². The van der Waals surface area contributed by atoms with Crippen molar-refractivity contribution in [3.63, 3.8) is 0 Å². The van der Waals surface area contributed by atoms with Crippen LogP contribution in [0.1, 0.15) is 64.6 Å². The number of H-pyrrole nitrogens is 1. The fourth-order valence-electron chi connectivity index (χ4n) is 5.76. The second-order valence-electron chi connectivity index (χ2n) is 14.0. The maximum Gasteiger partial charge on any atom is 0.258 e. The van der Waals surface area contributed by atoms with Crippen molar-refractivity contribution in [2.75, 3.05) is 19.8 Å². The molecule has 52 heavy (non-hydrogen) atoms. The van der Waals surface area contributed by atoms with E-state index in [0.29, 0.717) is 37.3 Å². The molecule has 1 aromatic heterocycles. The molecule has 1 heterocycles. The summed E-state index contributed by atoms with van der Waals surface area (Å²) in [5, 5.41) is 32.4. The molecule has 0 radical (unpaired) electrons. The van der Waals surface area contributed by atoms with E-state index in [9.17, 15) is 29.4 Å². The molecule has 0 saturated heterocycles. The highest BCUT2D eigenvalue weighted by molar-refractivity contribution is 5.92. The van der Waals surface area contributed by atoms with Gasteiger partial charge in [0.25, 0.3) is 5.91 Å². The van der Waals surface area contributed by atoms with Crippen LogP contribution in [0.2, 0.25) is 0 Å². The molecule has 0 saturated carbocycles. The molecule has 13 heteroatoms. The number of ether oxygens (including phenoxy) is 1. The van der Waals surface area contributed by atoms with E-state index in [1.165, 1.54) is 6.33 Å². The van der Waals surface area contributed by atoms with Gasteiger partial charge in [-0.2, -0.15) is 0 Å². The second-order valence-corrected chi connectivity index (χ2v) is 14.0. The smallest absolute Gasteiger partial charge is 0.258 e. The summed E-state index contributed by atoms with van der Waals surface area (Å²) >= 11 is 0. The summed E-state index contributed by atoms with van der Waals surface area (Å²) in [6.45, 7) is 7.99. The first-order chi connectivity index (χ1) is 24.9. The summed E-state index contributed by atoms with van der Waals surface area (Å²) in [4.78, 5) is 61.1. The number of hydrogen-bond donors (Lipinski definition) is 7. The summed E-state index contributed by atoms with van der Waals surface area (Å²) in [6.07, 6.45) is 3.42. The summed E-state index contributed by atoms with van der Waals surface area (Å²) in [5.74, 6) is -1.58. The zero-order valence-electron chi connectivity index (χ0n) is 30.7. The van der Waals surface area contributed by atoms with Gasteiger partial charge in [-0.1, -0.05) is 76.2 Å². The fourth-order valence-corrected chi connectivity index (χ4v) is 5.76. The van der Waals surface area contributed by atoms with Crippen LogP contribution in [-0.2, 0) is 32.0 Å². The number of nitrogens with one attached hydrogen (secondary N) is 5. The van der Waals surface area contributed by atoms with E-state index in [0.717, 1.165) is 5.56 Å². The fraction of sp³-hybridized carbons (Fsp3) is 0.513. The van der Waals surface area contributed by atoms with Crippen molar-refractivity contribution < 1.29 is 34.1 Å². The Balaban J connectivity index is 1.80. The van der Waals surface area contributed by atoms with E-state index in [1.54, 1.807) is 30.5 Å². The van der Waals surface area contributed by atoms with Gasteiger partial charge in [-0.3, -0.25) is 19.2 Å². The molecule has 1 unspecified atom stereocenters. The highest BCUT2D eigenvalue weighted by Crippen LogP contribution is 2.20. The van der Waals surface area contributed by atoms with Crippen LogP contribution in [0.5, 0.6) is 5.75 Å². The van der Waals surface area contributed by atoms with Crippen LogP contribution in [0, 0.1) is 17.8 Å². The normalized spacial score (nSPS) is 14.2. The lowest BCUT2D eigenvalue weighted by Crippen LogP contribution is -2.57. The van der Waals surface area contributed by atoms with Crippen LogP contribution in [0.3, 0.4) is 0 Å². The lowest BCUT2D eigenvalue weighted by molar-refractivity contribution is -0.133. The minimum atomic E-state index is -1.11. The van der Waals surface area contributed by atoms with E-state index in [-0.39, 0.29) is 50.2 Å². The first kappa shape index (κ1) is 41.7. The SMILES string of the molecule is CC(C)CNC(=O)C(CCCO)C[C@H](O)[C@H](CC(C)C)NC(=O)[C@H](Cc1cnc[nH]1)NC(=O)[C@H](Cc1ccccc1)NC(=O)COc1ccccc1. The number of hydrogen-bond acceptors (Lipinski definition) is 8. The molecule has 3 aromatic rings. The van der Waals surface area contributed by atoms with Crippen molar-refractivity contribution in [2.45, 2.75) is 90.4 Å². The number of carbonyl (C=O) groups excluding carboxylic acids is 4.